The minimum atomic E-state index is -0.964. The lowest BCUT2D eigenvalue weighted by atomic mass is 10.0. The summed E-state index contributed by atoms with van der Waals surface area (Å²) in [4.78, 5) is 25.3. The second-order valence-corrected chi connectivity index (χ2v) is 5.74. The number of aliphatic carboxylic acids is 1. The molecule has 0 aliphatic carbocycles. The Kier molecular flexibility index (Phi) is 6.78. The molecule has 1 fully saturated rings. The van der Waals surface area contributed by atoms with Gasteiger partial charge in [-0.15, -0.1) is 0 Å². The van der Waals surface area contributed by atoms with Crippen molar-refractivity contribution in [2.75, 3.05) is 19.6 Å². The molecule has 0 aromatic heterocycles. The number of nitrogens with zero attached hydrogens (tertiary/aromatic N) is 1. The minimum absolute atomic E-state index is 0.203. The maximum atomic E-state index is 12.3. The third-order valence-corrected chi connectivity index (χ3v) is 3.65. The van der Waals surface area contributed by atoms with E-state index in [0.717, 1.165) is 25.9 Å². The zero-order valence-electron chi connectivity index (χ0n) is 12.7. The number of hydrogen-bond acceptors (Lipinski definition) is 3. The van der Waals surface area contributed by atoms with Gasteiger partial charge in [0.05, 0.1) is 0 Å². The maximum Gasteiger partial charge on any atom is 0.326 e. The molecule has 0 aromatic rings. The van der Waals surface area contributed by atoms with E-state index in [1.807, 2.05) is 20.8 Å². The van der Waals surface area contributed by atoms with Crippen LogP contribution in [0.1, 0.15) is 40.0 Å². The Labute approximate surface area is 120 Å². The van der Waals surface area contributed by atoms with Crippen LogP contribution in [0.2, 0.25) is 0 Å². The van der Waals surface area contributed by atoms with E-state index in [2.05, 4.69) is 10.6 Å². The Balaban J connectivity index is 2.62. The van der Waals surface area contributed by atoms with Gasteiger partial charge in [-0.1, -0.05) is 13.8 Å². The van der Waals surface area contributed by atoms with E-state index >= 15 is 0 Å². The van der Waals surface area contributed by atoms with E-state index in [4.69, 9.17) is 0 Å². The molecule has 1 aliphatic heterocycles. The molecule has 3 N–H and O–H groups in total. The molecule has 0 aromatic carbocycles. The van der Waals surface area contributed by atoms with Crippen molar-refractivity contribution in [1.82, 2.24) is 15.5 Å². The molecular formula is C14H27N3O3. The standard InChI is InChI=1S/C14H27N3O3/c1-4-17(11-5-7-15-8-6-11)14(20)16-12(13(18)19)9-10(2)3/h10-12,15H,4-9H2,1-3H3,(H,16,20)(H,18,19)/t12-/m1/s1. The van der Waals surface area contributed by atoms with Gasteiger partial charge < -0.3 is 20.6 Å². The lowest BCUT2D eigenvalue weighted by Gasteiger charge is -2.34. The lowest BCUT2D eigenvalue weighted by Crippen LogP contribution is -2.53. The summed E-state index contributed by atoms with van der Waals surface area (Å²) in [6.07, 6.45) is 2.29. The van der Waals surface area contributed by atoms with Gasteiger partial charge in [0, 0.05) is 12.6 Å². The highest BCUT2D eigenvalue weighted by Gasteiger charge is 2.28. The Bertz CT molecular complexity index is 328. The van der Waals surface area contributed by atoms with Crippen molar-refractivity contribution in [3.05, 3.63) is 0 Å². The van der Waals surface area contributed by atoms with Crippen molar-refractivity contribution in [3.8, 4) is 0 Å². The molecule has 0 bridgehead atoms. The largest absolute Gasteiger partial charge is 0.480 e. The van der Waals surface area contributed by atoms with Gasteiger partial charge in [0.1, 0.15) is 6.04 Å². The topological polar surface area (TPSA) is 81.7 Å². The van der Waals surface area contributed by atoms with Crippen LogP contribution in [-0.2, 0) is 4.79 Å². The number of carboxylic acid groups (broad SMARTS) is 1. The highest BCUT2D eigenvalue weighted by atomic mass is 16.4. The van der Waals surface area contributed by atoms with E-state index in [0.29, 0.717) is 13.0 Å². The Morgan fingerprint density at radius 2 is 1.95 bits per heavy atom. The van der Waals surface area contributed by atoms with Crippen LogP contribution >= 0.6 is 0 Å². The van der Waals surface area contributed by atoms with Crippen LogP contribution in [0.4, 0.5) is 4.79 Å². The first-order valence-corrected chi connectivity index (χ1v) is 7.46. The van der Waals surface area contributed by atoms with Crippen LogP contribution in [0.25, 0.3) is 0 Å². The van der Waals surface area contributed by atoms with Crippen molar-refractivity contribution in [2.45, 2.75) is 52.1 Å². The van der Waals surface area contributed by atoms with E-state index in [1.54, 1.807) is 4.90 Å². The van der Waals surface area contributed by atoms with Crippen LogP contribution in [0.5, 0.6) is 0 Å². The summed E-state index contributed by atoms with van der Waals surface area (Å²) in [6, 6.07) is -0.861. The first-order valence-electron chi connectivity index (χ1n) is 7.46. The number of carbonyl (C=O) groups excluding carboxylic acids is 1. The monoisotopic (exact) mass is 285 g/mol. The molecule has 2 amide bonds. The fourth-order valence-electron chi connectivity index (χ4n) is 2.61. The maximum absolute atomic E-state index is 12.3. The zero-order valence-corrected chi connectivity index (χ0v) is 12.7. The Morgan fingerprint density at radius 1 is 1.35 bits per heavy atom. The van der Waals surface area contributed by atoms with Gasteiger partial charge in [-0.3, -0.25) is 0 Å². The SMILES string of the molecule is CCN(C(=O)N[C@H](CC(C)C)C(=O)O)C1CCNCC1. The molecule has 0 radical (unpaired) electrons. The van der Waals surface area contributed by atoms with Gasteiger partial charge >= 0.3 is 12.0 Å². The zero-order chi connectivity index (χ0) is 15.1. The van der Waals surface area contributed by atoms with Crippen LogP contribution in [0.3, 0.4) is 0 Å². The summed E-state index contributed by atoms with van der Waals surface area (Å²) in [5, 5.41) is 15.1. The van der Waals surface area contributed by atoms with E-state index in [1.165, 1.54) is 0 Å². The number of hydrogen-bond donors (Lipinski definition) is 3. The molecule has 116 valence electrons. The molecule has 20 heavy (non-hydrogen) atoms. The second-order valence-electron chi connectivity index (χ2n) is 5.74. The fraction of sp³-hybridized carbons (Fsp3) is 0.857. The summed E-state index contributed by atoms with van der Waals surface area (Å²) in [6.45, 7) is 8.24. The molecule has 1 rings (SSSR count). The summed E-state index contributed by atoms with van der Waals surface area (Å²) < 4.78 is 0. The average molecular weight is 285 g/mol. The van der Waals surface area contributed by atoms with Crippen molar-refractivity contribution < 1.29 is 14.7 Å². The lowest BCUT2D eigenvalue weighted by molar-refractivity contribution is -0.139. The van der Waals surface area contributed by atoms with Crippen molar-refractivity contribution >= 4 is 12.0 Å². The van der Waals surface area contributed by atoms with Crippen LogP contribution in [-0.4, -0.2) is 53.7 Å². The van der Waals surface area contributed by atoms with Crippen LogP contribution in [0.15, 0.2) is 0 Å². The predicted octanol–water partition coefficient (Wildman–Crippen LogP) is 1.27. The van der Waals surface area contributed by atoms with Gasteiger partial charge in [0.15, 0.2) is 0 Å². The third kappa shape index (κ3) is 5.00. The molecular weight excluding hydrogens is 258 g/mol. The number of urea groups is 1. The summed E-state index contributed by atoms with van der Waals surface area (Å²) in [5.74, 6) is -0.737. The average Bonchev–Trinajstić information content (AvgIpc) is 2.39. The van der Waals surface area contributed by atoms with Gasteiger partial charge in [-0.25, -0.2) is 9.59 Å². The Morgan fingerprint density at radius 3 is 2.40 bits per heavy atom. The third-order valence-electron chi connectivity index (χ3n) is 3.65. The van der Waals surface area contributed by atoms with Gasteiger partial charge in [0.2, 0.25) is 0 Å². The molecule has 0 saturated carbocycles. The number of carbonyl (C=O) groups is 2. The molecule has 6 nitrogen and oxygen atoms in total. The second kappa shape index (κ2) is 8.09. The van der Waals surface area contributed by atoms with Gasteiger partial charge in [-0.05, 0) is 45.2 Å². The fourth-order valence-corrected chi connectivity index (χ4v) is 2.61. The first-order chi connectivity index (χ1) is 9.45. The highest BCUT2D eigenvalue weighted by molar-refractivity contribution is 5.82. The number of rotatable bonds is 6. The molecule has 0 unspecified atom stereocenters. The summed E-state index contributed by atoms with van der Waals surface area (Å²) in [7, 11) is 0. The number of nitrogens with one attached hydrogen (secondary N) is 2. The minimum Gasteiger partial charge on any atom is -0.480 e. The number of piperidine rings is 1. The highest BCUT2D eigenvalue weighted by Crippen LogP contribution is 2.13. The molecule has 6 heteroatoms. The molecule has 1 saturated heterocycles. The van der Waals surface area contributed by atoms with Gasteiger partial charge in [-0.2, -0.15) is 0 Å². The first kappa shape index (κ1) is 16.8. The normalized spacial score (nSPS) is 17.8. The molecule has 1 atom stereocenters. The molecule has 0 spiro atoms. The van der Waals surface area contributed by atoms with Crippen molar-refractivity contribution in [1.29, 1.82) is 0 Å². The van der Waals surface area contributed by atoms with Crippen molar-refractivity contribution in [2.24, 2.45) is 5.92 Å². The smallest absolute Gasteiger partial charge is 0.326 e. The molecule has 1 heterocycles. The van der Waals surface area contributed by atoms with Crippen LogP contribution < -0.4 is 10.6 Å². The Hall–Kier alpha value is -1.30. The van der Waals surface area contributed by atoms with E-state index in [-0.39, 0.29) is 18.0 Å². The summed E-state index contributed by atoms with van der Waals surface area (Å²) >= 11 is 0. The van der Waals surface area contributed by atoms with E-state index < -0.39 is 12.0 Å². The summed E-state index contributed by atoms with van der Waals surface area (Å²) in [5.41, 5.74) is 0. The number of amides is 2. The number of carboxylic acids is 1. The van der Waals surface area contributed by atoms with E-state index in [9.17, 15) is 14.7 Å². The van der Waals surface area contributed by atoms with Gasteiger partial charge in [0.25, 0.3) is 0 Å². The predicted molar refractivity (Wildman–Crippen MR) is 77.7 cm³/mol. The van der Waals surface area contributed by atoms with Crippen molar-refractivity contribution in [3.63, 3.8) is 0 Å². The molecule has 1 aliphatic rings. The van der Waals surface area contributed by atoms with Crippen LogP contribution in [0, 0.1) is 5.92 Å². The quantitative estimate of drug-likeness (QED) is 0.686.